The number of hydrogen-bond donors (Lipinski definition) is 1. The number of benzene rings is 1. The van der Waals surface area contributed by atoms with Crippen molar-refractivity contribution in [3.8, 4) is 11.4 Å². The number of ether oxygens (including phenoxy) is 1. The van der Waals surface area contributed by atoms with Crippen molar-refractivity contribution >= 4 is 5.78 Å². The van der Waals surface area contributed by atoms with Gasteiger partial charge in [-0.05, 0) is 12.8 Å². The fraction of sp³-hybridized carbons (Fsp3) is 0.389. The fourth-order valence-electron chi connectivity index (χ4n) is 3.16. The third-order valence-electron chi connectivity index (χ3n) is 4.45. The van der Waals surface area contributed by atoms with Crippen molar-refractivity contribution in [2.24, 2.45) is 0 Å². The highest BCUT2D eigenvalue weighted by molar-refractivity contribution is 5.56. The van der Waals surface area contributed by atoms with Crippen LogP contribution in [-0.4, -0.2) is 25.7 Å². The number of fused-ring (bicyclic) bond motifs is 1. The van der Waals surface area contributed by atoms with Crippen LogP contribution in [0.3, 0.4) is 0 Å². The van der Waals surface area contributed by atoms with Crippen molar-refractivity contribution in [1.29, 1.82) is 0 Å². The van der Waals surface area contributed by atoms with Crippen LogP contribution in [0.1, 0.15) is 37.8 Å². The zero-order chi connectivity index (χ0) is 16.4. The summed E-state index contributed by atoms with van der Waals surface area (Å²) in [7, 11) is 0. The summed E-state index contributed by atoms with van der Waals surface area (Å²) in [6.07, 6.45) is 6.22. The zero-order valence-corrected chi connectivity index (χ0v) is 13.4. The van der Waals surface area contributed by atoms with Gasteiger partial charge >= 0.3 is 0 Å². The van der Waals surface area contributed by atoms with E-state index in [1.54, 1.807) is 0 Å². The maximum absolute atomic E-state index is 12.3. The third kappa shape index (κ3) is 3.10. The Morgan fingerprint density at radius 3 is 2.71 bits per heavy atom. The number of hydrogen-bond acceptors (Lipinski definition) is 4. The van der Waals surface area contributed by atoms with Crippen LogP contribution >= 0.6 is 0 Å². The zero-order valence-electron chi connectivity index (χ0n) is 13.4. The van der Waals surface area contributed by atoms with E-state index in [-0.39, 0.29) is 11.7 Å². The highest BCUT2D eigenvalue weighted by Gasteiger charge is 2.15. The second kappa shape index (κ2) is 6.57. The van der Waals surface area contributed by atoms with Crippen LogP contribution in [-0.2, 0) is 11.3 Å². The second-order valence-corrected chi connectivity index (χ2v) is 6.23. The normalized spacial score (nSPS) is 15.8. The Balaban J connectivity index is 1.58. The van der Waals surface area contributed by atoms with Crippen molar-refractivity contribution in [3.05, 3.63) is 52.4 Å². The van der Waals surface area contributed by atoms with E-state index < -0.39 is 0 Å². The van der Waals surface area contributed by atoms with E-state index >= 15 is 0 Å². The molecule has 1 fully saturated rings. The fourth-order valence-corrected chi connectivity index (χ4v) is 3.16. The molecule has 0 atom stereocenters. The number of nitrogens with one attached hydrogen (secondary N) is 1. The van der Waals surface area contributed by atoms with Crippen LogP contribution in [0.15, 0.2) is 41.2 Å². The molecule has 6 heteroatoms. The van der Waals surface area contributed by atoms with Gasteiger partial charge in [0.25, 0.3) is 11.3 Å². The molecular formula is C18H20N4O2. The highest BCUT2D eigenvalue weighted by Crippen LogP contribution is 2.21. The molecule has 1 aliphatic carbocycles. The SMILES string of the molecule is O=c1cc(COC2CCCCC2)nc2nc(-c3ccccc3)[nH]n12. The molecule has 2 aromatic heterocycles. The molecule has 4 rings (SSSR count). The first kappa shape index (κ1) is 15.1. The van der Waals surface area contributed by atoms with Gasteiger partial charge in [-0.1, -0.05) is 49.6 Å². The molecule has 0 amide bonds. The average molecular weight is 324 g/mol. The van der Waals surface area contributed by atoms with E-state index in [9.17, 15) is 4.79 Å². The van der Waals surface area contributed by atoms with Crippen molar-refractivity contribution in [2.75, 3.05) is 0 Å². The summed E-state index contributed by atoms with van der Waals surface area (Å²) < 4.78 is 7.28. The van der Waals surface area contributed by atoms with Crippen molar-refractivity contribution in [1.82, 2.24) is 19.6 Å². The van der Waals surface area contributed by atoms with E-state index in [1.165, 1.54) is 29.8 Å². The molecule has 24 heavy (non-hydrogen) atoms. The Morgan fingerprint density at radius 2 is 1.92 bits per heavy atom. The van der Waals surface area contributed by atoms with E-state index in [4.69, 9.17) is 4.74 Å². The standard InChI is InChI=1S/C18H20N4O2/c23-16-11-14(12-24-15-9-5-2-6-10-15)19-18-20-17(21-22(16)18)13-7-3-1-4-8-13/h1,3-4,7-8,11,15H,2,5-6,9-10,12H2,(H,19,20,21). The molecule has 0 bridgehead atoms. The summed E-state index contributed by atoms with van der Waals surface area (Å²) in [5, 5.41) is 3.00. The maximum atomic E-state index is 12.3. The van der Waals surface area contributed by atoms with E-state index in [0.29, 0.717) is 23.9 Å². The molecule has 0 saturated heterocycles. The summed E-state index contributed by atoms with van der Waals surface area (Å²) in [6.45, 7) is 0.365. The lowest BCUT2D eigenvalue weighted by atomic mass is 9.98. The summed E-state index contributed by atoms with van der Waals surface area (Å²) in [6, 6.07) is 11.2. The van der Waals surface area contributed by atoms with Crippen LogP contribution in [0.4, 0.5) is 0 Å². The molecule has 1 aromatic carbocycles. The van der Waals surface area contributed by atoms with Crippen molar-refractivity contribution in [3.63, 3.8) is 0 Å². The van der Waals surface area contributed by atoms with Gasteiger partial charge in [-0.3, -0.25) is 9.89 Å². The molecule has 1 saturated carbocycles. The summed E-state index contributed by atoms with van der Waals surface area (Å²) in [5.74, 6) is 1.01. The van der Waals surface area contributed by atoms with Gasteiger partial charge in [-0.2, -0.15) is 9.50 Å². The Labute approximate surface area is 139 Å². The summed E-state index contributed by atoms with van der Waals surface area (Å²) >= 11 is 0. The van der Waals surface area contributed by atoms with Gasteiger partial charge in [0, 0.05) is 11.6 Å². The minimum absolute atomic E-state index is 0.170. The van der Waals surface area contributed by atoms with Crippen LogP contribution in [0, 0.1) is 0 Å². The lowest BCUT2D eigenvalue weighted by Gasteiger charge is -2.21. The van der Waals surface area contributed by atoms with Gasteiger partial charge in [0.2, 0.25) is 0 Å². The quantitative estimate of drug-likeness (QED) is 0.801. The second-order valence-electron chi connectivity index (χ2n) is 6.23. The van der Waals surface area contributed by atoms with Crippen LogP contribution in [0.5, 0.6) is 0 Å². The molecule has 1 N–H and O–H groups in total. The molecule has 0 spiro atoms. The summed E-state index contributed by atoms with van der Waals surface area (Å²) in [4.78, 5) is 21.2. The first-order chi connectivity index (χ1) is 11.8. The topological polar surface area (TPSA) is 72.3 Å². The van der Waals surface area contributed by atoms with Gasteiger partial charge in [0.1, 0.15) is 0 Å². The van der Waals surface area contributed by atoms with Crippen molar-refractivity contribution < 1.29 is 4.74 Å². The Morgan fingerprint density at radius 1 is 1.12 bits per heavy atom. The number of rotatable bonds is 4. The molecule has 0 aliphatic heterocycles. The lowest BCUT2D eigenvalue weighted by molar-refractivity contribution is 0.0152. The predicted molar refractivity (Wildman–Crippen MR) is 90.7 cm³/mol. The minimum atomic E-state index is -0.170. The van der Waals surface area contributed by atoms with Crippen molar-refractivity contribution in [2.45, 2.75) is 44.8 Å². The largest absolute Gasteiger partial charge is 0.372 e. The van der Waals surface area contributed by atoms with Gasteiger partial charge in [-0.15, -0.1) is 0 Å². The van der Waals surface area contributed by atoms with Crippen LogP contribution in [0.2, 0.25) is 0 Å². The average Bonchev–Trinajstić information content (AvgIpc) is 3.06. The smallest absolute Gasteiger partial charge is 0.274 e. The molecule has 6 nitrogen and oxygen atoms in total. The molecular weight excluding hydrogens is 304 g/mol. The van der Waals surface area contributed by atoms with Crippen LogP contribution in [0.25, 0.3) is 17.2 Å². The number of aromatic amines is 1. The Kier molecular flexibility index (Phi) is 4.13. The Hall–Kier alpha value is -2.47. The molecule has 0 unspecified atom stereocenters. The minimum Gasteiger partial charge on any atom is -0.372 e. The van der Waals surface area contributed by atoms with E-state index in [1.807, 2.05) is 30.3 Å². The van der Waals surface area contributed by atoms with Gasteiger partial charge in [0.15, 0.2) is 5.82 Å². The first-order valence-corrected chi connectivity index (χ1v) is 8.45. The lowest BCUT2D eigenvalue weighted by Crippen LogP contribution is -2.19. The molecule has 0 radical (unpaired) electrons. The predicted octanol–water partition coefficient (Wildman–Crippen LogP) is 2.93. The van der Waals surface area contributed by atoms with Crippen LogP contribution < -0.4 is 5.56 Å². The number of H-pyrrole nitrogens is 1. The highest BCUT2D eigenvalue weighted by atomic mass is 16.5. The maximum Gasteiger partial charge on any atom is 0.274 e. The first-order valence-electron chi connectivity index (χ1n) is 8.45. The molecule has 3 aromatic rings. The molecule has 2 heterocycles. The number of nitrogens with zero attached hydrogens (tertiary/aromatic N) is 3. The number of aromatic nitrogens is 4. The molecule has 1 aliphatic rings. The van der Waals surface area contributed by atoms with Gasteiger partial charge < -0.3 is 4.74 Å². The molecule has 124 valence electrons. The van der Waals surface area contributed by atoms with E-state index in [2.05, 4.69) is 15.1 Å². The van der Waals surface area contributed by atoms with Gasteiger partial charge in [-0.25, -0.2) is 4.98 Å². The Bertz CT molecular complexity index is 879. The van der Waals surface area contributed by atoms with Gasteiger partial charge in [0.05, 0.1) is 18.4 Å². The monoisotopic (exact) mass is 324 g/mol. The third-order valence-corrected chi connectivity index (χ3v) is 4.45. The van der Waals surface area contributed by atoms with E-state index in [0.717, 1.165) is 18.4 Å². The summed E-state index contributed by atoms with van der Waals surface area (Å²) in [5.41, 5.74) is 1.39.